The number of carbonyl (C=O) groups excluding carboxylic acids is 1. The lowest BCUT2D eigenvalue weighted by Crippen LogP contribution is -2.22. The van der Waals surface area contributed by atoms with Gasteiger partial charge >= 0.3 is 5.97 Å². The van der Waals surface area contributed by atoms with Crippen LogP contribution in [0.2, 0.25) is 0 Å². The smallest absolute Gasteiger partial charge is 0.305 e. The van der Waals surface area contributed by atoms with Crippen molar-refractivity contribution < 1.29 is 9.53 Å². The molecular weight excluding hydrogens is 340 g/mol. The van der Waals surface area contributed by atoms with Gasteiger partial charge in [-0.2, -0.15) is 0 Å². The molecule has 1 heterocycles. The van der Waals surface area contributed by atoms with Gasteiger partial charge in [-0.25, -0.2) is 4.98 Å². The number of benzene rings is 2. The highest BCUT2D eigenvalue weighted by Gasteiger charge is 2.12. The Morgan fingerprint density at radius 2 is 1.93 bits per heavy atom. The van der Waals surface area contributed by atoms with E-state index in [0.717, 1.165) is 5.69 Å². The quantitative estimate of drug-likeness (QED) is 0.406. The largest absolute Gasteiger partial charge is 0.469 e. The SMILES string of the molecule is COC(=O)CCCC#Cc1cccc2nc(C)n(-c3ccccc3)c(=O)c12. The lowest BCUT2D eigenvalue weighted by Gasteiger charge is -2.11. The van der Waals surface area contributed by atoms with E-state index in [1.165, 1.54) is 7.11 Å². The van der Waals surface area contributed by atoms with E-state index >= 15 is 0 Å². The molecule has 0 radical (unpaired) electrons. The molecule has 0 saturated carbocycles. The minimum atomic E-state index is -0.243. The standard InChI is InChI=1S/C22H20N2O3/c1-16-23-19-14-9-11-17(10-5-3-8-15-20(25)27-2)21(19)22(26)24(16)18-12-6-4-7-13-18/h4,6-7,9,11-14H,3,8,15H2,1-2H3. The van der Waals surface area contributed by atoms with Crippen LogP contribution in [0.1, 0.15) is 30.7 Å². The highest BCUT2D eigenvalue weighted by atomic mass is 16.5. The summed E-state index contributed by atoms with van der Waals surface area (Å²) in [6, 6.07) is 14.9. The normalized spacial score (nSPS) is 10.3. The van der Waals surface area contributed by atoms with Gasteiger partial charge in [0.2, 0.25) is 0 Å². The number of hydrogen-bond acceptors (Lipinski definition) is 4. The first-order valence-corrected chi connectivity index (χ1v) is 8.75. The van der Waals surface area contributed by atoms with E-state index in [4.69, 9.17) is 0 Å². The maximum atomic E-state index is 13.2. The molecule has 0 aliphatic rings. The van der Waals surface area contributed by atoms with Crippen molar-refractivity contribution in [3.05, 3.63) is 70.3 Å². The molecule has 0 saturated heterocycles. The van der Waals surface area contributed by atoms with Crippen LogP contribution in [0.25, 0.3) is 16.6 Å². The molecule has 3 rings (SSSR count). The highest BCUT2D eigenvalue weighted by molar-refractivity contribution is 5.84. The Bertz CT molecular complexity index is 1090. The number of methoxy groups -OCH3 is 1. The zero-order valence-electron chi connectivity index (χ0n) is 15.4. The number of esters is 1. The van der Waals surface area contributed by atoms with Crippen LogP contribution < -0.4 is 5.56 Å². The van der Waals surface area contributed by atoms with Crippen LogP contribution in [0, 0.1) is 18.8 Å². The van der Waals surface area contributed by atoms with Gasteiger partial charge in [-0.1, -0.05) is 36.1 Å². The summed E-state index contributed by atoms with van der Waals surface area (Å²) in [6.07, 6.45) is 1.51. The molecule has 5 heteroatoms. The lowest BCUT2D eigenvalue weighted by molar-refractivity contribution is -0.140. The molecule has 0 spiro atoms. The number of rotatable bonds is 4. The molecule has 3 aromatic rings. The van der Waals surface area contributed by atoms with E-state index in [2.05, 4.69) is 21.6 Å². The third-order valence-electron chi connectivity index (χ3n) is 4.21. The Labute approximate surface area is 157 Å². The number of aromatic nitrogens is 2. The molecule has 2 aromatic carbocycles. The Morgan fingerprint density at radius 1 is 1.15 bits per heavy atom. The number of para-hydroxylation sites is 1. The zero-order chi connectivity index (χ0) is 19.2. The van der Waals surface area contributed by atoms with Crippen molar-refractivity contribution in [2.45, 2.75) is 26.2 Å². The number of nitrogens with zero attached hydrogens (tertiary/aromatic N) is 2. The van der Waals surface area contributed by atoms with Crippen molar-refractivity contribution in [2.24, 2.45) is 0 Å². The first-order valence-electron chi connectivity index (χ1n) is 8.75. The number of aryl methyl sites for hydroxylation is 1. The maximum Gasteiger partial charge on any atom is 0.305 e. The minimum Gasteiger partial charge on any atom is -0.469 e. The van der Waals surface area contributed by atoms with Crippen molar-refractivity contribution in [2.75, 3.05) is 7.11 Å². The van der Waals surface area contributed by atoms with Crippen LogP contribution in [-0.4, -0.2) is 22.6 Å². The van der Waals surface area contributed by atoms with Crippen LogP contribution in [0.15, 0.2) is 53.3 Å². The van der Waals surface area contributed by atoms with Crippen molar-refractivity contribution in [3.63, 3.8) is 0 Å². The van der Waals surface area contributed by atoms with Gasteiger partial charge < -0.3 is 4.74 Å². The highest BCUT2D eigenvalue weighted by Crippen LogP contribution is 2.16. The molecule has 0 atom stereocenters. The van der Waals surface area contributed by atoms with Crippen molar-refractivity contribution in [3.8, 4) is 17.5 Å². The van der Waals surface area contributed by atoms with Crippen LogP contribution in [-0.2, 0) is 9.53 Å². The summed E-state index contributed by atoms with van der Waals surface area (Å²) in [6.45, 7) is 1.82. The summed E-state index contributed by atoms with van der Waals surface area (Å²) in [5.41, 5.74) is 1.91. The molecule has 1 aromatic heterocycles. The van der Waals surface area contributed by atoms with E-state index in [-0.39, 0.29) is 11.5 Å². The summed E-state index contributed by atoms with van der Waals surface area (Å²) in [7, 11) is 1.37. The van der Waals surface area contributed by atoms with E-state index in [1.807, 2.05) is 55.5 Å². The summed E-state index contributed by atoms with van der Waals surface area (Å²) in [4.78, 5) is 28.9. The molecule has 5 nitrogen and oxygen atoms in total. The van der Waals surface area contributed by atoms with E-state index < -0.39 is 0 Å². The molecule has 0 fully saturated rings. The van der Waals surface area contributed by atoms with Crippen LogP contribution in [0.3, 0.4) is 0 Å². The fraction of sp³-hybridized carbons (Fsp3) is 0.227. The summed E-state index contributed by atoms with van der Waals surface area (Å²) in [5, 5.41) is 0.507. The molecule has 27 heavy (non-hydrogen) atoms. The molecule has 0 aliphatic heterocycles. The number of fused-ring (bicyclic) bond motifs is 1. The maximum absolute atomic E-state index is 13.2. The molecule has 0 amide bonds. The average molecular weight is 360 g/mol. The van der Waals surface area contributed by atoms with Gasteiger partial charge in [0.15, 0.2) is 0 Å². The number of ether oxygens (including phenoxy) is 1. The predicted octanol–water partition coefficient (Wildman–Crippen LogP) is 3.39. The molecular formula is C22H20N2O3. The van der Waals surface area contributed by atoms with Gasteiger partial charge in [0.1, 0.15) is 5.82 Å². The second kappa shape index (κ2) is 8.33. The number of unbranched alkanes of at least 4 members (excludes halogenated alkanes) is 1. The predicted molar refractivity (Wildman–Crippen MR) is 105 cm³/mol. The number of carbonyl (C=O) groups is 1. The minimum absolute atomic E-state index is 0.136. The molecule has 136 valence electrons. The monoisotopic (exact) mass is 360 g/mol. The van der Waals surface area contributed by atoms with E-state index in [9.17, 15) is 9.59 Å². The van der Waals surface area contributed by atoms with Crippen molar-refractivity contribution >= 4 is 16.9 Å². The van der Waals surface area contributed by atoms with Gasteiger partial charge in [0.25, 0.3) is 5.56 Å². The topological polar surface area (TPSA) is 61.2 Å². The van der Waals surface area contributed by atoms with Crippen LogP contribution in [0.5, 0.6) is 0 Å². The first kappa shape index (κ1) is 18.4. The Morgan fingerprint density at radius 3 is 2.67 bits per heavy atom. The van der Waals surface area contributed by atoms with E-state index in [0.29, 0.717) is 41.6 Å². The van der Waals surface area contributed by atoms with Crippen LogP contribution >= 0.6 is 0 Å². The van der Waals surface area contributed by atoms with Crippen LogP contribution in [0.4, 0.5) is 0 Å². The summed E-state index contributed by atoms with van der Waals surface area (Å²) in [5.74, 6) is 6.49. The molecule has 0 N–H and O–H groups in total. The third kappa shape index (κ3) is 4.06. The van der Waals surface area contributed by atoms with Gasteiger partial charge in [0, 0.05) is 18.4 Å². The Kier molecular flexibility index (Phi) is 5.68. The van der Waals surface area contributed by atoms with Gasteiger partial charge in [0.05, 0.1) is 23.7 Å². The second-order valence-electron chi connectivity index (χ2n) is 6.07. The molecule has 0 aliphatic carbocycles. The lowest BCUT2D eigenvalue weighted by atomic mass is 10.1. The van der Waals surface area contributed by atoms with Gasteiger partial charge in [-0.3, -0.25) is 14.2 Å². The fourth-order valence-electron chi connectivity index (χ4n) is 2.91. The van der Waals surface area contributed by atoms with Gasteiger partial charge in [-0.05, 0) is 37.6 Å². The number of hydrogen-bond donors (Lipinski definition) is 0. The average Bonchev–Trinajstić information content (AvgIpc) is 2.68. The first-order chi connectivity index (χ1) is 13.1. The van der Waals surface area contributed by atoms with Crippen molar-refractivity contribution in [1.82, 2.24) is 9.55 Å². The van der Waals surface area contributed by atoms with Gasteiger partial charge in [-0.15, -0.1) is 0 Å². The zero-order valence-corrected chi connectivity index (χ0v) is 15.4. The fourth-order valence-corrected chi connectivity index (χ4v) is 2.91. The Hall–Kier alpha value is -3.39. The summed E-state index contributed by atoms with van der Waals surface area (Å²) >= 11 is 0. The Balaban J connectivity index is 2.01. The molecule has 0 unspecified atom stereocenters. The van der Waals surface area contributed by atoms with E-state index in [1.54, 1.807) is 4.57 Å². The van der Waals surface area contributed by atoms with Crippen molar-refractivity contribution in [1.29, 1.82) is 0 Å². The summed E-state index contributed by atoms with van der Waals surface area (Å²) < 4.78 is 6.22. The third-order valence-corrected chi connectivity index (χ3v) is 4.21. The molecule has 0 bridgehead atoms. The second-order valence-corrected chi connectivity index (χ2v) is 6.07.